The number of carbonyl (C=O) groups is 1. The SMILES string of the molecule is O=C(C1CCCCC1)n1cccc1. The van der Waals surface area contributed by atoms with Gasteiger partial charge in [-0.3, -0.25) is 9.36 Å². The maximum absolute atomic E-state index is 11.8. The predicted octanol–water partition coefficient (Wildman–Crippen LogP) is 2.71. The summed E-state index contributed by atoms with van der Waals surface area (Å²) in [7, 11) is 0. The molecule has 0 spiro atoms. The van der Waals surface area contributed by atoms with Gasteiger partial charge < -0.3 is 0 Å². The summed E-state index contributed by atoms with van der Waals surface area (Å²) >= 11 is 0. The van der Waals surface area contributed by atoms with Gasteiger partial charge in [0.15, 0.2) is 0 Å². The zero-order chi connectivity index (χ0) is 9.10. The maximum Gasteiger partial charge on any atom is 0.233 e. The summed E-state index contributed by atoms with van der Waals surface area (Å²) in [6.07, 6.45) is 9.59. The molecular formula is C11H15NO. The summed E-state index contributed by atoms with van der Waals surface area (Å²) in [5.41, 5.74) is 0. The van der Waals surface area contributed by atoms with Crippen LogP contribution < -0.4 is 0 Å². The topological polar surface area (TPSA) is 22.0 Å². The van der Waals surface area contributed by atoms with Gasteiger partial charge in [-0.2, -0.15) is 0 Å². The van der Waals surface area contributed by atoms with E-state index in [4.69, 9.17) is 0 Å². The van der Waals surface area contributed by atoms with Crippen LogP contribution in [0.15, 0.2) is 24.5 Å². The molecule has 0 amide bonds. The summed E-state index contributed by atoms with van der Waals surface area (Å²) in [5.74, 6) is 0.561. The average Bonchev–Trinajstić information content (AvgIpc) is 2.71. The van der Waals surface area contributed by atoms with Crippen LogP contribution in [0, 0.1) is 5.92 Å². The molecule has 0 N–H and O–H groups in total. The minimum atomic E-state index is 0.279. The molecule has 1 heterocycles. The van der Waals surface area contributed by atoms with Crippen molar-refractivity contribution < 1.29 is 4.79 Å². The summed E-state index contributed by atoms with van der Waals surface area (Å²) in [6.45, 7) is 0. The van der Waals surface area contributed by atoms with Crippen LogP contribution in [0.2, 0.25) is 0 Å². The molecule has 1 fully saturated rings. The average molecular weight is 177 g/mol. The molecule has 70 valence electrons. The standard InChI is InChI=1S/C11H15NO/c13-11(12-8-4-5-9-12)10-6-2-1-3-7-10/h4-5,8-10H,1-3,6-7H2. The van der Waals surface area contributed by atoms with E-state index in [9.17, 15) is 4.79 Å². The molecular weight excluding hydrogens is 162 g/mol. The Bertz CT molecular complexity index is 270. The molecule has 0 atom stereocenters. The fraction of sp³-hybridized carbons (Fsp3) is 0.545. The lowest BCUT2D eigenvalue weighted by molar-refractivity contribution is 0.0802. The zero-order valence-corrected chi connectivity index (χ0v) is 7.78. The zero-order valence-electron chi connectivity index (χ0n) is 7.78. The van der Waals surface area contributed by atoms with Crippen molar-refractivity contribution >= 4 is 5.91 Å². The Kier molecular flexibility index (Phi) is 2.48. The van der Waals surface area contributed by atoms with E-state index in [0.29, 0.717) is 0 Å². The van der Waals surface area contributed by atoms with Gasteiger partial charge in [-0.05, 0) is 25.0 Å². The van der Waals surface area contributed by atoms with Gasteiger partial charge in [0.25, 0.3) is 0 Å². The second-order valence-corrected chi connectivity index (χ2v) is 3.76. The normalized spacial score (nSPS) is 18.8. The highest BCUT2D eigenvalue weighted by atomic mass is 16.2. The van der Waals surface area contributed by atoms with E-state index in [2.05, 4.69) is 0 Å². The van der Waals surface area contributed by atoms with Gasteiger partial charge in [0.2, 0.25) is 5.91 Å². The Morgan fingerprint density at radius 2 is 1.69 bits per heavy atom. The molecule has 0 aliphatic heterocycles. The predicted molar refractivity (Wildman–Crippen MR) is 51.6 cm³/mol. The van der Waals surface area contributed by atoms with Crippen molar-refractivity contribution in [2.75, 3.05) is 0 Å². The summed E-state index contributed by atoms with van der Waals surface area (Å²) in [4.78, 5) is 11.8. The number of hydrogen-bond donors (Lipinski definition) is 0. The van der Waals surface area contributed by atoms with E-state index in [1.54, 1.807) is 4.57 Å². The number of rotatable bonds is 1. The van der Waals surface area contributed by atoms with Gasteiger partial charge in [0.1, 0.15) is 0 Å². The van der Waals surface area contributed by atoms with Crippen molar-refractivity contribution in [1.29, 1.82) is 0 Å². The first kappa shape index (κ1) is 8.54. The lowest BCUT2D eigenvalue weighted by Gasteiger charge is -2.20. The van der Waals surface area contributed by atoms with Gasteiger partial charge in [-0.25, -0.2) is 0 Å². The van der Waals surface area contributed by atoms with Gasteiger partial charge >= 0.3 is 0 Å². The quantitative estimate of drug-likeness (QED) is 0.646. The molecule has 1 saturated carbocycles. The van der Waals surface area contributed by atoms with E-state index in [1.165, 1.54) is 19.3 Å². The van der Waals surface area contributed by atoms with E-state index in [-0.39, 0.29) is 11.8 Å². The molecule has 1 aliphatic rings. The Morgan fingerprint density at radius 3 is 2.31 bits per heavy atom. The summed E-state index contributed by atoms with van der Waals surface area (Å²) in [5, 5.41) is 0. The highest BCUT2D eigenvalue weighted by Gasteiger charge is 2.21. The third-order valence-corrected chi connectivity index (χ3v) is 2.81. The molecule has 0 saturated heterocycles. The van der Waals surface area contributed by atoms with Crippen LogP contribution in [-0.4, -0.2) is 10.5 Å². The van der Waals surface area contributed by atoms with Gasteiger partial charge in [-0.1, -0.05) is 19.3 Å². The van der Waals surface area contributed by atoms with Crippen molar-refractivity contribution in [3.8, 4) is 0 Å². The maximum atomic E-state index is 11.8. The second-order valence-electron chi connectivity index (χ2n) is 3.76. The fourth-order valence-electron chi connectivity index (χ4n) is 2.04. The second kappa shape index (κ2) is 3.77. The van der Waals surface area contributed by atoms with Gasteiger partial charge in [-0.15, -0.1) is 0 Å². The minimum Gasteiger partial charge on any atom is -0.294 e. The van der Waals surface area contributed by atoms with E-state index >= 15 is 0 Å². The van der Waals surface area contributed by atoms with Crippen LogP contribution >= 0.6 is 0 Å². The lowest BCUT2D eigenvalue weighted by Crippen LogP contribution is -2.22. The first-order chi connectivity index (χ1) is 6.38. The van der Waals surface area contributed by atoms with Crippen LogP contribution in [0.4, 0.5) is 0 Å². The molecule has 1 aromatic rings. The highest BCUT2D eigenvalue weighted by molar-refractivity contribution is 5.81. The third kappa shape index (κ3) is 1.82. The molecule has 13 heavy (non-hydrogen) atoms. The van der Waals surface area contributed by atoms with Crippen LogP contribution in [0.1, 0.15) is 36.9 Å². The number of carbonyl (C=O) groups excluding carboxylic acids is 1. The van der Waals surface area contributed by atoms with Crippen molar-refractivity contribution in [2.24, 2.45) is 5.92 Å². The molecule has 1 aliphatic carbocycles. The molecule has 0 aromatic carbocycles. The number of nitrogens with zero attached hydrogens (tertiary/aromatic N) is 1. The Balaban J connectivity index is 2.04. The number of hydrogen-bond acceptors (Lipinski definition) is 1. The number of aromatic nitrogens is 1. The van der Waals surface area contributed by atoms with Crippen molar-refractivity contribution in [3.63, 3.8) is 0 Å². The van der Waals surface area contributed by atoms with Crippen LogP contribution in [0.25, 0.3) is 0 Å². The fourth-order valence-corrected chi connectivity index (χ4v) is 2.04. The monoisotopic (exact) mass is 177 g/mol. The molecule has 0 radical (unpaired) electrons. The van der Waals surface area contributed by atoms with Crippen LogP contribution in [0.3, 0.4) is 0 Å². The molecule has 2 heteroatoms. The highest BCUT2D eigenvalue weighted by Crippen LogP contribution is 2.24. The van der Waals surface area contributed by atoms with Crippen molar-refractivity contribution in [1.82, 2.24) is 4.57 Å². The molecule has 0 bridgehead atoms. The minimum absolute atomic E-state index is 0.279. The summed E-state index contributed by atoms with van der Waals surface area (Å²) in [6, 6.07) is 3.81. The first-order valence-electron chi connectivity index (χ1n) is 5.05. The Labute approximate surface area is 78.6 Å². The Hall–Kier alpha value is -1.05. The van der Waals surface area contributed by atoms with E-state index in [0.717, 1.165) is 12.8 Å². The smallest absolute Gasteiger partial charge is 0.233 e. The van der Waals surface area contributed by atoms with Gasteiger partial charge in [0.05, 0.1) is 0 Å². The molecule has 0 unspecified atom stereocenters. The molecule has 2 nitrogen and oxygen atoms in total. The first-order valence-corrected chi connectivity index (χ1v) is 5.05. The van der Waals surface area contributed by atoms with E-state index < -0.39 is 0 Å². The molecule has 1 aromatic heterocycles. The largest absolute Gasteiger partial charge is 0.294 e. The Morgan fingerprint density at radius 1 is 1.08 bits per heavy atom. The van der Waals surface area contributed by atoms with Crippen molar-refractivity contribution in [2.45, 2.75) is 32.1 Å². The summed E-state index contributed by atoms with van der Waals surface area (Å²) < 4.78 is 1.72. The third-order valence-electron chi connectivity index (χ3n) is 2.81. The van der Waals surface area contributed by atoms with E-state index in [1.807, 2.05) is 24.5 Å². The van der Waals surface area contributed by atoms with Crippen molar-refractivity contribution in [3.05, 3.63) is 24.5 Å². The van der Waals surface area contributed by atoms with Crippen LogP contribution in [0.5, 0.6) is 0 Å². The van der Waals surface area contributed by atoms with Crippen LogP contribution in [-0.2, 0) is 0 Å². The van der Waals surface area contributed by atoms with Gasteiger partial charge in [0, 0.05) is 18.3 Å². The lowest BCUT2D eigenvalue weighted by atomic mass is 9.88. The molecule has 2 rings (SSSR count).